The maximum Gasteiger partial charge on any atom is 0.251 e. The molecule has 0 aliphatic carbocycles. The molecule has 0 atom stereocenters. The molecule has 2 aromatic carbocycles. The van der Waals surface area contributed by atoms with Gasteiger partial charge in [0.2, 0.25) is 0 Å². The molecule has 0 saturated heterocycles. The number of methoxy groups -OCH3 is 1. The third-order valence-corrected chi connectivity index (χ3v) is 3.47. The zero-order valence-corrected chi connectivity index (χ0v) is 13.3. The van der Waals surface area contributed by atoms with E-state index in [0.717, 1.165) is 5.56 Å². The van der Waals surface area contributed by atoms with Gasteiger partial charge in [-0.05, 0) is 31.2 Å². The Labute approximate surface area is 135 Å². The number of carbonyl (C=O) groups is 1. The number of benzene rings is 2. The van der Waals surface area contributed by atoms with Gasteiger partial charge in [0, 0.05) is 22.7 Å². The number of rotatable bonds is 6. The highest BCUT2D eigenvalue weighted by Gasteiger charge is 2.11. The lowest BCUT2D eigenvalue weighted by Crippen LogP contribution is -2.22. The van der Waals surface area contributed by atoms with Gasteiger partial charge >= 0.3 is 0 Å². The van der Waals surface area contributed by atoms with Crippen LogP contribution in [0.5, 0.6) is 11.5 Å². The Morgan fingerprint density at radius 1 is 1.18 bits per heavy atom. The van der Waals surface area contributed by atoms with Crippen molar-refractivity contribution in [1.29, 1.82) is 0 Å². The predicted octanol–water partition coefficient (Wildman–Crippen LogP) is 3.68. The lowest BCUT2D eigenvalue weighted by Gasteiger charge is -2.12. The van der Waals surface area contributed by atoms with E-state index in [2.05, 4.69) is 5.32 Å². The van der Waals surface area contributed by atoms with Crippen molar-refractivity contribution in [3.63, 3.8) is 0 Å². The maximum atomic E-state index is 11.8. The van der Waals surface area contributed by atoms with E-state index in [1.165, 1.54) is 0 Å². The van der Waals surface area contributed by atoms with Gasteiger partial charge in [-0.15, -0.1) is 0 Å². The number of hydrogen-bond acceptors (Lipinski definition) is 3. The molecule has 5 heteroatoms. The Kier molecular flexibility index (Phi) is 5.67. The average molecular weight is 320 g/mol. The van der Waals surface area contributed by atoms with E-state index in [4.69, 9.17) is 21.1 Å². The van der Waals surface area contributed by atoms with Gasteiger partial charge in [0.15, 0.2) is 11.5 Å². The summed E-state index contributed by atoms with van der Waals surface area (Å²) >= 11 is 6.10. The Morgan fingerprint density at radius 2 is 1.95 bits per heavy atom. The molecule has 0 radical (unpaired) electrons. The summed E-state index contributed by atoms with van der Waals surface area (Å²) in [5.41, 5.74) is 1.42. The van der Waals surface area contributed by atoms with Gasteiger partial charge in [-0.3, -0.25) is 4.79 Å². The van der Waals surface area contributed by atoms with E-state index in [1.807, 2.05) is 31.2 Å². The van der Waals surface area contributed by atoms with E-state index < -0.39 is 0 Å². The predicted molar refractivity (Wildman–Crippen MR) is 86.8 cm³/mol. The highest BCUT2D eigenvalue weighted by molar-refractivity contribution is 6.31. The first-order valence-electron chi connectivity index (χ1n) is 6.98. The molecule has 1 N–H and O–H groups in total. The van der Waals surface area contributed by atoms with Crippen LogP contribution in [0.3, 0.4) is 0 Å². The normalized spacial score (nSPS) is 10.1. The second-order valence-corrected chi connectivity index (χ2v) is 5.01. The number of carbonyl (C=O) groups excluding carboxylic acids is 1. The summed E-state index contributed by atoms with van der Waals surface area (Å²) < 4.78 is 11.0. The van der Waals surface area contributed by atoms with Crippen molar-refractivity contribution in [1.82, 2.24) is 5.32 Å². The van der Waals surface area contributed by atoms with E-state index in [-0.39, 0.29) is 5.91 Å². The van der Waals surface area contributed by atoms with Gasteiger partial charge < -0.3 is 14.8 Å². The molecule has 2 aromatic rings. The summed E-state index contributed by atoms with van der Waals surface area (Å²) in [6.07, 6.45) is 0. The number of amides is 1. The van der Waals surface area contributed by atoms with E-state index >= 15 is 0 Å². The van der Waals surface area contributed by atoms with Crippen LogP contribution in [-0.2, 0) is 6.61 Å². The summed E-state index contributed by atoms with van der Waals surface area (Å²) in [7, 11) is 1.54. The molecule has 0 fully saturated rings. The Balaban J connectivity index is 2.14. The lowest BCUT2D eigenvalue weighted by atomic mass is 10.2. The van der Waals surface area contributed by atoms with Gasteiger partial charge in [0.25, 0.3) is 5.91 Å². The third-order valence-electron chi connectivity index (χ3n) is 3.10. The van der Waals surface area contributed by atoms with E-state index in [0.29, 0.717) is 35.2 Å². The van der Waals surface area contributed by atoms with Crippen molar-refractivity contribution in [3.8, 4) is 11.5 Å². The fourth-order valence-electron chi connectivity index (χ4n) is 1.96. The van der Waals surface area contributed by atoms with Crippen molar-refractivity contribution in [2.75, 3.05) is 13.7 Å². The number of ether oxygens (including phenoxy) is 2. The van der Waals surface area contributed by atoms with Crippen LogP contribution < -0.4 is 14.8 Å². The van der Waals surface area contributed by atoms with Crippen LogP contribution in [-0.4, -0.2) is 19.6 Å². The quantitative estimate of drug-likeness (QED) is 0.883. The molecule has 0 unspecified atom stereocenters. The first-order chi connectivity index (χ1) is 10.7. The highest BCUT2D eigenvalue weighted by Crippen LogP contribution is 2.29. The summed E-state index contributed by atoms with van der Waals surface area (Å²) in [4.78, 5) is 11.8. The minimum atomic E-state index is -0.140. The molecule has 0 saturated carbocycles. The first kappa shape index (κ1) is 16.2. The van der Waals surface area contributed by atoms with Crippen LogP contribution >= 0.6 is 11.6 Å². The van der Waals surface area contributed by atoms with Gasteiger partial charge in [0.05, 0.1) is 7.11 Å². The SMILES string of the molecule is CCNC(=O)c1ccc(OCc2ccccc2Cl)c(OC)c1. The molecule has 0 aromatic heterocycles. The van der Waals surface area contributed by atoms with Crippen molar-refractivity contribution in [2.24, 2.45) is 0 Å². The summed E-state index contributed by atoms with van der Waals surface area (Å²) in [5, 5.41) is 3.40. The van der Waals surface area contributed by atoms with Crippen molar-refractivity contribution < 1.29 is 14.3 Å². The minimum Gasteiger partial charge on any atom is -0.493 e. The smallest absolute Gasteiger partial charge is 0.251 e. The van der Waals surface area contributed by atoms with Crippen LogP contribution in [0.4, 0.5) is 0 Å². The summed E-state index contributed by atoms with van der Waals surface area (Å²) in [6, 6.07) is 12.6. The molecule has 2 rings (SSSR count). The van der Waals surface area contributed by atoms with Crippen LogP contribution in [0.2, 0.25) is 5.02 Å². The first-order valence-corrected chi connectivity index (χ1v) is 7.36. The molecule has 0 aliphatic heterocycles. The fourth-order valence-corrected chi connectivity index (χ4v) is 2.15. The van der Waals surface area contributed by atoms with E-state index in [1.54, 1.807) is 25.3 Å². The number of halogens is 1. The van der Waals surface area contributed by atoms with Crippen LogP contribution in [0, 0.1) is 0 Å². The van der Waals surface area contributed by atoms with Gasteiger partial charge in [0.1, 0.15) is 6.61 Å². The number of nitrogens with one attached hydrogen (secondary N) is 1. The fraction of sp³-hybridized carbons (Fsp3) is 0.235. The standard InChI is InChI=1S/C17H18ClNO3/c1-3-19-17(20)12-8-9-15(16(10-12)21-2)22-11-13-6-4-5-7-14(13)18/h4-10H,3,11H2,1-2H3,(H,19,20). The molecule has 22 heavy (non-hydrogen) atoms. The third kappa shape index (κ3) is 3.92. The Morgan fingerprint density at radius 3 is 2.64 bits per heavy atom. The average Bonchev–Trinajstić information content (AvgIpc) is 2.54. The van der Waals surface area contributed by atoms with Gasteiger partial charge in [-0.1, -0.05) is 29.8 Å². The molecule has 0 heterocycles. The molecule has 0 spiro atoms. The molecular weight excluding hydrogens is 302 g/mol. The zero-order chi connectivity index (χ0) is 15.9. The second kappa shape index (κ2) is 7.71. The molecular formula is C17H18ClNO3. The maximum absolute atomic E-state index is 11.8. The van der Waals surface area contributed by atoms with E-state index in [9.17, 15) is 4.79 Å². The molecule has 0 bridgehead atoms. The zero-order valence-electron chi connectivity index (χ0n) is 12.6. The summed E-state index contributed by atoms with van der Waals surface area (Å²) in [5.74, 6) is 0.935. The lowest BCUT2D eigenvalue weighted by molar-refractivity contribution is 0.0955. The summed E-state index contributed by atoms with van der Waals surface area (Å²) in [6.45, 7) is 2.78. The molecule has 116 valence electrons. The van der Waals surface area contributed by atoms with Crippen LogP contribution in [0.25, 0.3) is 0 Å². The molecule has 4 nitrogen and oxygen atoms in total. The molecule has 0 aliphatic rings. The van der Waals surface area contributed by atoms with Crippen molar-refractivity contribution in [3.05, 3.63) is 58.6 Å². The largest absolute Gasteiger partial charge is 0.493 e. The molecule has 1 amide bonds. The minimum absolute atomic E-state index is 0.140. The Bertz CT molecular complexity index is 658. The second-order valence-electron chi connectivity index (χ2n) is 4.61. The van der Waals surface area contributed by atoms with Crippen LogP contribution in [0.15, 0.2) is 42.5 Å². The Hall–Kier alpha value is -2.20. The van der Waals surface area contributed by atoms with Gasteiger partial charge in [-0.2, -0.15) is 0 Å². The van der Waals surface area contributed by atoms with Crippen LogP contribution in [0.1, 0.15) is 22.8 Å². The highest BCUT2D eigenvalue weighted by atomic mass is 35.5. The topological polar surface area (TPSA) is 47.6 Å². The monoisotopic (exact) mass is 319 g/mol. The van der Waals surface area contributed by atoms with Crippen molar-refractivity contribution >= 4 is 17.5 Å². The van der Waals surface area contributed by atoms with Gasteiger partial charge in [-0.25, -0.2) is 0 Å². The van der Waals surface area contributed by atoms with Crippen molar-refractivity contribution in [2.45, 2.75) is 13.5 Å². The number of hydrogen-bond donors (Lipinski definition) is 1.